The zero-order chi connectivity index (χ0) is 13.7. The quantitative estimate of drug-likeness (QED) is 0.807. The first-order valence-corrected chi connectivity index (χ1v) is 6.99. The number of carbonyl (C=O) groups excluding carboxylic acids is 1. The van der Waals surface area contributed by atoms with Crippen LogP contribution in [0, 0.1) is 19.8 Å². The van der Waals surface area contributed by atoms with Crippen molar-refractivity contribution in [3.05, 3.63) is 15.6 Å². The average Bonchev–Trinajstić information content (AvgIpc) is 2.62. The summed E-state index contributed by atoms with van der Waals surface area (Å²) in [6.45, 7) is 8.86. The molecule has 0 fully saturated rings. The van der Waals surface area contributed by atoms with Crippen LogP contribution in [0.3, 0.4) is 0 Å². The maximum absolute atomic E-state index is 11.6. The number of nitrogens with one attached hydrogen (secondary N) is 1. The molecule has 0 amide bonds. The SMILES string of the molecule is COC(=O)C(CC(C)C)NCc1nc(C)c(C)s1. The molecule has 0 spiro atoms. The first-order valence-electron chi connectivity index (χ1n) is 6.18. The molecule has 0 bridgehead atoms. The highest BCUT2D eigenvalue weighted by Crippen LogP contribution is 2.16. The number of methoxy groups -OCH3 is 1. The Morgan fingerprint density at radius 3 is 2.56 bits per heavy atom. The van der Waals surface area contributed by atoms with Crippen LogP contribution in [0.15, 0.2) is 0 Å². The van der Waals surface area contributed by atoms with Crippen LogP contribution in [-0.2, 0) is 16.1 Å². The summed E-state index contributed by atoms with van der Waals surface area (Å²) in [4.78, 5) is 17.3. The molecule has 0 aromatic carbocycles. The number of hydrogen-bond donors (Lipinski definition) is 1. The van der Waals surface area contributed by atoms with E-state index in [-0.39, 0.29) is 12.0 Å². The molecule has 0 saturated heterocycles. The second-order valence-corrected chi connectivity index (χ2v) is 6.12. The van der Waals surface area contributed by atoms with E-state index in [9.17, 15) is 4.79 Å². The van der Waals surface area contributed by atoms with Gasteiger partial charge in [0.25, 0.3) is 0 Å². The lowest BCUT2D eigenvalue weighted by Crippen LogP contribution is -2.38. The first kappa shape index (κ1) is 15.1. The maximum atomic E-state index is 11.6. The fraction of sp³-hybridized carbons (Fsp3) is 0.692. The Balaban J connectivity index is 2.58. The Hall–Kier alpha value is -0.940. The number of nitrogens with zero attached hydrogens (tertiary/aromatic N) is 1. The molecule has 0 radical (unpaired) electrons. The van der Waals surface area contributed by atoms with Gasteiger partial charge in [0.1, 0.15) is 11.0 Å². The fourth-order valence-electron chi connectivity index (χ4n) is 1.70. The van der Waals surface area contributed by atoms with Crippen molar-refractivity contribution >= 4 is 17.3 Å². The van der Waals surface area contributed by atoms with E-state index in [1.165, 1.54) is 12.0 Å². The van der Waals surface area contributed by atoms with E-state index < -0.39 is 0 Å². The van der Waals surface area contributed by atoms with Crippen LogP contribution in [0.5, 0.6) is 0 Å². The van der Waals surface area contributed by atoms with Crippen LogP contribution in [0.4, 0.5) is 0 Å². The Morgan fingerprint density at radius 1 is 1.44 bits per heavy atom. The topological polar surface area (TPSA) is 51.2 Å². The van der Waals surface area contributed by atoms with Crippen LogP contribution in [0.2, 0.25) is 0 Å². The van der Waals surface area contributed by atoms with Crippen molar-refractivity contribution in [3.63, 3.8) is 0 Å². The highest BCUT2D eigenvalue weighted by Gasteiger charge is 2.20. The van der Waals surface area contributed by atoms with E-state index in [0.29, 0.717) is 12.5 Å². The minimum absolute atomic E-state index is 0.200. The predicted octanol–water partition coefficient (Wildman–Crippen LogP) is 2.44. The monoisotopic (exact) mass is 270 g/mol. The lowest BCUT2D eigenvalue weighted by molar-refractivity contribution is -0.143. The highest BCUT2D eigenvalue weighted by atomic mass is 32.1. The lowest BCUT2D eigenvalue weighted by Gasteiger charge is -2.17. The van der Waals surface area contributed by atoms with Crippen molar-refractivity contribution in [2.45, 2.75) is 46.7 Å². The zero-order valence-electron chi connectivity index (χ0n) is 11.7. The van der Waals surface area contributed by atoms with Crippen LogP contribution in [0.25, 0.3) is 0 Å². The maximum Gasteiger partial charge on any atom is 0.322 e. The molecule has 5 heteroatoms. The van der Waals surface area contributed by atoms with Gasteiger partial charge in [-0.3, -0.25) is 10.1 Å². The van der Waals surface area contributed by atoms with E-state index in [0.717, 1.165) is 17.1 Å². The standard InChI is InChI=1S/C13H22N2O2S/c1-8(2)6-11(13(16)17-5)14-7-12-15-9(3)10(4)18-12/h8,11,14H,6-7H2,1-5H3. The summed E-state index contributed by atoms with van der Waals surface area (Å²) >= 11 is 1.67. The average molecular weight is 270 g/mol. The van der Waals surface area contributed by atoms with E-state index >= 15 is 0 Å². The van der Waals surface area contributed by atoms with E-state index in [2.05, 4.69) is 31.1 Å². The van der Waals surface area contributed by atoms with E-state index in [1.807, 2.05) is 6.92 Å². The lowest BCUT2D eigenvalue weighted by atomic mass is 10.0. The number of hydrogen-bond acceptors (Lipinski definition) is 5. The number of rotatable bonds is 6. The Labute approximate surface area is 113 Å². The van der Waals surface area contributed by atoms with Crippen LogP contribution in [-0.4, -0.2) is 24.1 Å². The number of carbonyl (C=O) groups is 1. The smallest absolute Gasteiger partial charge is 0.322 e. The van der Waals surface area contributed by atoms with Crippen LogP contribution >= 0.6 is 11.3 Å². The summed E-state index contributed by atoms with van der Waals surface area (Å²) in [5.41, 5.74) is 1.07. The van der Waals surface area contributed by atoms with Gasteiger partial charge < -0.3 is 4.74 Å². The van der Waals surface area contributed by atoms with Gasteiger partial charge in [-0.1, -0.05) is 13.8 Å². The minimum atomic E-state index is -0.250. The molecule has 1 rings (SSSR count). The molecule has 0 aliphatic carbocycles. The fourth-order valence-corrected chi connectivity index (χ4v) is 2.59. The second kappa shape index (κ2) is 6.85. The largest absolute Gasteiger partial charge is 0.468 e. The van der Waals surface area contributed by atoms with Crippen molar-refractivity contribution < 1.29 is 9.53 Å². The van der Waals surface area contributed by atoms with Gasteiger partial charge in [0.05, 0.1) is 12.8 Å². The molecule has 1 heterocycles. The molecule has 1 atom stereocenters. The molecule has 1 N–H and O–H groups in total. The van der Waals surface area contributed by atoms with Gasteiger partial charge in [-0.2, -0.15) is 0 Å². The number of thiazole rings is 1. The molecule has 0 saturated carbocycles. The molecule has 4 nitrogen and oxygen atoms in total. The Bertz CT molecular complexity index is 382. The molecular formula is C13H22N2O2S. The highest BCUT2D eigenvalue weighted by molar-refractivity contribution is 7.11. The van der Waals surface area contributed by atoms with Crippen LogP contribution in [0.1, 0.15) is 35.8 Å². The summed E-state index contributed by atoms with van der Waals surface area (Å²) in [5.74, 6) is 0.245. The summed E-state index contributed by atoms with van der Waals surface area (Å²) in [6, 6.07) is -0.250. The number of ether oxygens (including phenoxy) is 1. The molecule has 18 heavy (non-hydrogen) atoms. The predicted molar refractivity (Wildman–Crippen MR) is 73.7 cm³/mol. The minimum Gasteiger partial charge on any atom is -0.468 e. The van der Waals surface area contributed by atoms with Crippen molar-refractivity contribution in [2.24, 2.45) is 5.92 Å². The van der Waals surface area contributed by atoms with Gasteiger partial charge in [-0.05, 0) is 26.2 Å². The third kappa shape index (κ3) is 4.38. The molecule has 102 valence electrons. The number of aromatic nitrogens is 1. The molecule has 0 aliphatic rings. The molecule has 1 aromatic rings. The summed E-state index contributed by atoms with van der Waals surface area (Å²) < 4.78 is 4.81. The van der Waals surface area contributed by atoms with Gasteiger partial charge in [0.15, 0.2) is 0 Å². The number of esters is 1. The van der Waals surface area contributed by atoms with Gasteiger partial charge in [-0.25, -0.2) is 4.98 Å². The molecular weight excluding hydrogens is 248 g/mol. The normalized spacial score (nSPS) is 12.8. The molecule has 1 aromatic heterocycles. The van der Waals surface area contributed by atoms with Crippen molar-refractivity contribution in [2.75, 3.05) is 7.11 Å². The summed E-state index contributed by atoms with van der Waals surface area (Å²) in [5, 5.41) is 4.25. The van der Waals surface area contributed by atoms with Gasteiger partial charge in [0, 0.05) is 11.4 Å². The third-order valence-corrected chi connectivity index (χ3v) is 3.84. The number of aryl methyl sites for hydroxylation is 2. The van der Waals surface area contributed by atoms with Gasteiger partial charge >= 0.3 is 5.97 Å². The Kier molecular flexibility index (Phi) is 5.75. The first-order chi connectivity index (χ1) is 8.43. The summed E-state index contributed by atoms with van der Waals surface area (Å²) in [7, 11) is 1.43. The van der Waals surface area contributed by atoms with E-state index in [4.69, 9.17) is 4.74 Å². The van der Waals surface area contributed by atoms with Crippen molar-refractivity contribution in [1.82, 2.24) is 10.3 Å². The van der Waals surface area contributed by atoms with Gasteiger partial charge in [-0.15, -0.1) is 11.3 Å². The van der Waals surface area contributed by atoms with Crippen molar-refractivity contribution in [3.8, 4) is 0 Å². The summed E-state index contributed by atoms with van der Waals surface area (Å²) in [6.07, 6.45) is 0.774. The molecule has 1 unspecified atom stereocenters. The molecule has 0 aliphatic heterocycles. The van der Waals surface area contributed by atoms with Gasteiger partial charge in [0.2, 0.25) is 0 Å². The van der Waals surface area contributed by atoms with E-state index in [1.54, 1.807) is 11.3 Å². The zero-order valence-corrected chi connectivity index (χ0v) is 12.6. The van der Waals surface area contributed by atoms with Crippen LogP contribution < -0.4 is 5.32 Å². The third-order valence-electron chi connectivity index (χ3n) is 2.77. The Morgan fingerprint density at radius 2 is 2.11 bits per heavy atom. The van der Waals surface area contributed by atoms with Crippen molar-refractivity contribution in [1.29, 1.82) is 0 Å². The second-order valence-electron chi connectivity index (χ2n) is 4.84.